The molecule has 138 valence electrons. The Morgan fingerprint density at radius 3 is 2.36 bits per heavy atom. The zero-order chi connectivity index (χ0) is 18.1. The number of carbonyl (C=O) groups excluding carboxylic acids is 2. The van der Waals surface area contributed by atoms with Gasteiger partial charge in [0.05, 0.1) is 11.0 Å². The van der Waals surface area contributed by atoms with Gasteiger partial charge in [-0.25, -0.2) is 4.39 Å². The van der Waals surface area contributed by atoms with Crippen LogP contribution in [0.15, 0.2) is 24.3 Å². The summed E-state index contributed by atoms with van der Waals surface area (Å²) < 4.78 is 12.8. The minimum absolute atomic E-state index is 0.00477. The molecule has 0 aliphatic heterocycles. The fraction of sp³-hybridized carbons (Fsp3) is 0.579. The van der Waals surface area contributed by atoms with E-state index in [0.29, 0.717) is 5.69 Å². The maximum Gasteiger partial charge on any atom is 0.234 e. The van der Waals surface area contributed by atoms with Crippen molar-refractivity contribution in [3.63, 3.8) is 0 Å². The minimum atomic E-state index is -0.341. The fourth-order valence-corrected chi connectivity index (χ4v) is 3.62. The van der Waals surface area contributed by atoms with Gasteiger partial charge in [0, 0.05) is 11.7 Å². The molecule has 0 spiro atoms. The van der Waals surface area contributed by atoms with Crippen LogP contribution in [0.1, 0.15) is 51.9 Å². The molecule has 4 nitrogen and oxygen atoms in total. The summed E-state index contributed by atoms with van der Waals surface area (Å²) in [6.07, 6.45) is 8.25. The normalized spacial score (nSPS) is 17.2. The number of thioether (sulfide) groups is 1. The molecule has 0 saturated heterocycles. The number of amides is 2. The lowest BCUT2D eigenvalue weighted by Crippen LogP contribution is -2.40. The molecule has 1 aromatic rings. The minimum Gasteiger partial charge on any atom is -0.352 e. The zero-order valence-electron chi connectivity index (χ0n) is 14.7. The van der Waals surface area contributed by atoms with Gasteiger partial charge in [-0.05, 0) is 44.0 Å². The second kappa shape index (κ2) is 10.4. The molecule has 2 N–H and O–H groups in total. The van der Waals surface area contributed by atoms with Crippen molar-refractivity contribution in [3.8, 4) is 0 Å². The predicted molar refractivity (Wildman–Crippen MR) is 101 cm³/mol. The Bertz CT molecular complexity index is 557. The average molecular weight is 367 g/mol. The predicted octanol–water partition coefficient (Wildman–Crippen LogP) is 4.12. The van der Waals surface area contributed by atoms with Gasteiger partial charge < -0.3 is 10.6 Å². The van der Waals surface area contributed by atoms with Crippen molar-refractivity contribution in [1.82, 2.24) is 5.32 Å². The number of halogens is 1. The lowest BCUT2D eigenvalue weighted by molar-refractivity contribution is -0.121. The largest absolute Gasteiger partial charge is 0.352 e. The number of benzene rings is 1. The maximum atomic E-state index is 12.8. The summed E-state index contributed by atoms with van der Waals surface area (Å²) in [4.78, 5) is 24.3. The molecule has 6 heteroatoms. The summed E-state index contributed by atoms with van der Waals surface area (Å²) in [6.45, 7) is 1.83. The number of hydrogen-bond donors (Lipinski definition) is 2. The Balaban J connectivity index is 1.70. The van der Waals surface area contributed by atoms with Crippen LogP contribution in [0.3, 0.4) is 0 Å². The smallest absolute Gasteiger partial charge is 0.234 e. The molecule has 1 aliphatic carbocycles. The highest BCUT2D eigenvalue weighted by atomic mass is 32.2. The van der Waals surface area contributed by atoms with E-state index >= 15 is 0 Å². The zero-order valence-corrected chi connectivity index (χ0v) is 15.5. The third-order valence-electron chi connectivity index (χ3n) is 4.41. The number of hydrogen-bond acceptors (Lipinski definition) is 3. The molecule has 0 radical (unpaired) electrons. The quantitative estimate of drug-likeness (QED) is 0.796. The molecule has 1 saturated carbocycles. The molecule has 2 amide bonds. The summed E-state index contributed by atoms with van der Waals surface area (Å²) >= 11 is 1.31. The van der Waals surface area contributed by atoms with Crippen LogP contribution in [0.5, 0.6) is 0 Å². The molecule has 0 bridgehead atoms. The van der Waals surface area contributed by atoms with Crippen LogP contribution in [-0.4, -0.2) is 28.9 Å². The van der Waals surface area contributed by atoms with Gasteiger partial charge in [0.25, 0.3) is 0 Å². The molecule has 1 fully saturated rings. The first-order chi connectivity index (χ1) is 12.0. The van der Waals surface area contributed by atoms with Crippen molar-refractivity contribution in [3.05, 3.63) is 30.1 Å². The molecule has 0 unspecified atom stereocenters. The topological polar surface area (TPSA) is 58.2 Å². The number of anilines is 1. The van der Waals surface area contributed by atoms with Crippen molar-refractivity contribution >= 4 is 29.3 Å². The second-order valence-electron chi connectivity index (χ2n) is 6.56. The summed E-state index contributed by atoms with van der Waals surface area (Å²) in [5.41, 5.74) is 0.554. The Kier molecular flexibility index (Phi) is 8.25. The SMILES string of the molecule is C[C@@H](SCC(=O)Nc1ccc(F)cc1)C(=O)NC1CCCCCCC1. The van der Waals surface area contributed by atoms with Crippen molar-refractivity contribution in [2.75, 3.05) is 11.1 Å². The van der Waals surface area contributed by atoms with Gasteiger partial charge in [-0.3, -0.25) is 9.59 Å². The van der Waals surface area contributed by atoms with Crippen LogP contribution in [0.2, 0.25) is 0 Å². The Morgan fingerprint density at radius 1 is 1.12 bits per heavy atom. The van der Waals surface area contributed by atoms with Gasteiger partial charge in [0.1, 0.15) is 5.82 Å². The van der Waals surface area contributed by atoms with E-state index in [1.807, 2.05) is 6.92 Å². The summed E-state index contributed by atoms with van der Waals surface area (Å²) in [5, 5.41) is 5.56. The Labute approximate surface area is 153 Å². The lowest BCUT2D eigenvalue weighted by Gasteiger charge is -2.22. The van der Waals surface area contributed by atoms with Gasteiger partial charge >= 0.3 is 0 Å². The van der Waals surface area contributed by atoms with E-state index in [9.17, 15) is 14.0 Å². The molecule has 1 aliphatic rings. The monoisotopic (exact) mass is 366 g/mol. The number of rotatable bonds is 6. The maximum absolute atomic E-state index is 12.8. The van der Waals surface area contributed by atoms with Crippen LogP contribution in [0, 0.1) is 5.82 Å². The van der Waals surface area contributed by atoms with E-state index in [0.717, 1.165) is 12.8 Å². The fourth-order valence-electron chi connectivity index (χ4n) is 2.93. The van der Waals surface area contributed by atoms with Crippen molar-refractivity contribution in [2.45, 2.75) is 63.2 Å². The highest BCUT2D eigenvalue weighted by molar-refractivity contribution is 8.01. The van der Waals surface area contributed by atoms with Crippen LogP contribution >= 0.6 is 11.8 Å². The lowest BCUT2D eigenvalue weighted by atomic mass is 9.97. The van der Waals surface area contributed by atoms with E-state index in [1.165, 1.54) is 68.1 Å². The second-order valence-corrected chi connectivity index (χ2v) is 7.89. The molecule has 25 heavy (non-hydrogen) atoms. The molecule has 0 heterocycles. The van der Waals surface area contributed by atoms with E-state index in [2.05, 4.69) is 10.6 Å². The highest BCUT2D eigenvalue weighted by Crippen LogP contribution is 2.18. The summed E-state index contributed by atoms with van der Waals surface area (Å²) in [5.74, 6) is -0.337. The van der Waals surface area contributed by atoms with Gasteiger partial charge in [-0.1, -0.05) is 32.1 Å². The molecule has 0 aromatic heterocycles. The van der Waals surface area contributed by atoms with E-state index < -0.39 is 0 Å². The van der Waals surface area contributed by atoms with Crippen molar-refractivity contribution in [1.29, 1.82) is 0 Å². The Hall–Kier alpha value is -1.56. The molecule has 1 atom stereocenters. The first-order valence-electron chi connectivity index (χ1n) is 9.02. The summed E-state index contributed by atoms with van der Waals surface area (Å²) in [6, 6.07) is 5.90. The first kappa shape index (κ1) is 19.8. The molecule has 1 aromatic carbocycles. The van der Waals surface area contributed by atoms with Crippen molar-refractivity contribution < 1.29 is 14.0 Å². The van der Waals surface area contributed by atoms with Gasteiger partial charge in [-0.15, -0.1) is 11.8 Å². The van der Waals surface area contributed by atoms with Crippen LogP contribution in [-0.2, 0) is 9.59 Å². The first-order valence-corrected chi connectivity index (χ1v) is 10.1. The Morgan fingerprint density at radius 2 is 1.72 bits per heavy atom. The third-order valence-corrected chi connectivity index (χ3v) is 5.56. The molecule has 2 rings (SSSR count). The van der Waals surface area contributed by atoms with Crippen LogP contribution in [0.4, 0.5) is 10.1 Å². The average Bonchev–Trinajstić information content (AvgIpc) is 2.57. The van der Waals surface area contributed by atoms with Crippen LogP contribution < -0.4 is 10.6 Å². The van der Waals surface area contributed by atoms with Crippen molar-refractivity contribution in [2.24, 2.45) is 0 Å². The van der Waals surface area contributed by atoms with Crippen LogP contribution in [0.25, 0.3) is 0 Å². The third kappa shape index (κ3) is 7.46. The molecular formula is C19H27FN2O2S. The highest BCUT2D eigenvalue weighted by Gasteiger charge is 2.19. The van der Waals surface area contributed by atoms with E-state index in [1.54, 1.807) is 0 Å². The van der Waals surface area contributed by atoms with E-state index in [-0.39, 0.29) is 34.7 Å². The number of nitrogens with one attached hydrogen (secondary N) is 2. The standard InChI is InChI=1S/C19H27FN2O2S/c1-14(19(24)22-16-7-5-3-2-4-6-8-16)25-13-18(23)21-17-11-9-15(20)10-12-17/h9-12,14,16H,2-8,13H2,1H3,(H,21,23)(H,22,24)/t14-/m1/s1. The summed E-state index contributed by atoms with van der Waals surface area (Å²) in [7, 11) is 0. The van der Waals surface area contributed by atoms with Gasteiger partial charge in [0.2, 0.25) is 11.8 Å². The molecular weight excluding hydrogens is 339 g/mol. The van der Waals surface area contributed by atoms with Gasteiger partial charge in [-0.2, -0.15) is 0 Å². The number of carbonyl (C=O) groups is 2. The van der Waals surface area contributed by atoms with Gasteiger partial charge in [0.15, 0.2) is 0 Å². The van der Waals surface area contributed by atoms with E-state index in [4.69, 9.17) is 0 Å².